The Morgan fingerprint density at radius 3 is 2.55 bits per heavy atom. The Morgan fingerprint density at radius 2 is 2.00 bits per heavy atom. The summed E-state index contributed by atoms with van der Waals surface area (Å²) in [5.74, 6) is -1.49. The van der Waals surface area contributed by atoms with E-state index in [1.165, 1.54) is 7.11 Å². The van der Waals surface area contributed by atoms with Crippen molar-refractivity contribution in [1.29, 1.82) is 0 Å². The van der Waals surface area contributed by atoms with Gasteiger partial charge in [0.05, 0.1) is 12.6 Å². The smallest absolute Gasteiger partial charge is 0.334 e. The Labute approximate surface area is 117 Å². The maximum Gasteiger partial charge on any atom is 0.334 e. The van der Waals surface area contributed by atoms with E-state index in [4.69, 9.17) is 15.6 Å². The molecule has 0 radical (unpaired) electrons. The second-order valence-electron chi connectivity index (χ2n) is 4.44. The van der Waals surface area contributed by atoms with Gasteiger partial charge in [-0.3, -0.25) is 4.79 Å². The van der Waals surface area contributed by atoms with Crippen molar-refractivity contribution in [2.75, 3.05) is 13.7 Å². The predicted molar refractivity (Wildman–Crippen MR) is 74.2 cm³/mol. The molecule has 6 nitrogen and oxygen atoms in total. The zero-order chi connectivity index (χ0) is 15.0. The molecular weight excluding hydrogens is 260 g/mol. The third kappa shape index (κ3) is 5.38. The Balaban J connectivity index is 2.34. The van der Waals surface area contributed by atoms with Gasteiger partial charge in [0.2, 0.25) is 5.91 Å². The Hall–Kier alpha value is -1.92. The van der Waals surface area contributed by atoms with Crippen LogP contribution in [0.25, 0.3) is 0 Å². The number of hydrogen-bond donors (Lipinski definition) is 3. The number of carboxylic acids is 1. The van der Waals surface area contributed by atoms with Crippen LogP contribution in [0.1, 0.15) is 12.0 Å². The van der Waals surface area contributed by atoms with Gasteiger partial charge in [0.25, 0.3) is 0 Å². The van der Waals surface area contributed by atoms with Gasteiger partial charge in [-0.25, -0.2) is 4.79 Å². The average Bonchev–Trinajstić information content (AvgIpc) is 2.45. The van der Waals surface area contributed by atoms with Gasteiger partial charge in [-0.2, -0.15) is 0 Å². The fourth-order valence-electron chi connectivity index (χ4n) is 1.69. The van der Waals surface area contributed by atoms with E-state index >= 15 is 0 Å². The Morgan fingerprint density at radius 1 is 1.35 bits per heavy atom. The lowest BCUT2D eigenvalue weighted by atomic mass is 10.1. The van der Waals surface area contributed by atoms with Gasteiger partial charge in [0.15, 0.2) is 6.10 Å². The van der Waals surface area contributed by atoms with Gasteiger partial charge in [-0.15, -0.1) is 0 Å². The van der Waals surface area contributed by atoms with Gasteiger partial charge >= 0.3 is 5.97 Å². The molecule has 1 rings (SSSR count). The number of nitrogens with two attached hydrogens (primary N) is 1. The zero-order valence-electron chi connectivity index (χ0n) is 11.4. The minimum atomic E-state index is -1.12. The zero-order valence-corrected chi connectivity index (χ0v) is 11.4. The summed E-state index contributed by atoms with van der Waals surface area (Å²) in [4.78, 5) is 22.4. The number of amides is 1. The summed E-state index contributed by atoms with van der Waals surface area (Å²) in [7, 11) is 1.28. The van der Waals surface area contributed by atoms with Gasteiger partial charge < -0.3 is 20.9 Å². The highest BCUT2D eigenvalue weighted by Crippen LogP contribution is 2.04. The van der Waals surface area contributed by atoms with Crippen molar-refractivity contribution >= 4 is 11.9 Å². The lowest BCUT2D eigenvalue weighted by molar-refractivity contribution is -0.148. The molecule has 0 aromatic heterocycles. The molecule has 1 unspecified atom stereocenters. The maximum atomic E-state index is 11.7. The monoisotopic (exact) mass is 280 g/mol. The minimum Gasteiger partial charge on any atom is -0.479 e. The van der Waals surface area contributed by atoms with E-state index in [2.05, 4.69) is 5.32 Å². The molecule has 6 heteroatoms. The molecule has 2 atom stereocenters. The van der Waals surface area contributed by atoms with Crippen LogP contribution >= 0.6 is 0 Å². The van der Waals surface area contributed by atoms with Crippen molar-refractivity contribution < 1.29 is 19.4 Å². The quantitative estimate of drug-likeness (QED) is 0.629. The summed E-state index contributed by atoms with van der Waals surface area (Å²) in [6.07, 6.45) is 0.142. The van der Waals surface area contributed by atoms with E-state index in [-0.39, 0.29) is 12.5 Å². The van der Waals surface area contributed by atoms with E-state index in [0.717, 1.165) is 5.56 Å². The van der Waals surface area contributed by atoms with Crippen LogP contribution in [0.4, 0.5) is 0 Å². The fraction of sp³-hybridized carbons (Fsp3) is 0.429. The highest BCUT2D eigenvalue weighted by Gasteiger charge is 2.19. The van der Waals surface area contributed by atoms with Crippen LogP contribution in [-0.4, -0.2) is 42.8 Å². The van der Waals surface area contributed by atoms with E-state index in [9.17, 15) is 9.59 Å². The van der Waals surface area contributed by atoms with Gasteiger partial charge in [0, 0.05) is 7.11 Å². The standard InChI is InChI=1S/C14H20N2O4/c1-20-12(14(18)19)9-16-13(17)11(15)8-7-10-5-3-2-4-6-10/h2-6,11-12H,7-9,15H2,1H3,(H,16,17)(H,18,19)/t11-,12?/m0/s1. The molecule has 4 N–H and O–H groups in total. The number of carbonyl (C=O) groups is 2. The van der Waals surface area contributed by atoms with E-state index < -0.39 is 18.1 Å². The molecule has 1 amide bonds. The van der Waals surface area contributed by atoms with Crippen LogP contribution in [0.3, 0.4) is 0 Å². The number of aryl methyl sites for hydroxylation is 1. The molecule has 0 spiro atoms. The second kappa shape index (κ2) is 8.29. The maximum absolute atomic E-state index is 11.7. The highest BCUT2D eigenvalue weighted by atomic mass is 16.5. The molecule has 0 aliphatic heterocycles. The lowest BCUT2D eigenvalue weighted by Gasteiger charge is -2.15. The SMILES string of the molecule is COC(CNC(=O)[C@@H](N)CCc1ccccc1)C(=O)O. The molecule has 0 heterocycles. The van der Waals surface area contributed by atoms with Crippen molar-refractivity contribution in [2.45, 2.75) is 25.0 Å². The average molecular weight is 280 g/mol. The number of ether oxygens (including phenoxy) is 1. The Bertz CT molecular complexity index is 436. The summed E-state index contributed by atoms with van der Waals surface area (Å²) >= 11 is 0. The first-order chi connectivity index (χ1) is 9.54. The number of benzene rings is 1. The fourth-order valence-corrected chi connectivity index (χ4v) is 1.69. The molecule has 0 fully saturated rings. The molecule has 0 saturated heterocycles. The van der Waals surface area contributed by atoms with Crippen LogP contribution in [0.5, 0.6) is 0 Å². The van der Waals surface area contributed by atoms with E-state index in [0.29, 0.717) is 12.8 Å². The van der Waals surface area contributed by atoms with Crippen molar-refractivity contribution in [3.63, 3.8) is 0 Å². The van der Waals surface area contributed by atoms with Crippen LogP contribution in [0, 0.1) is 0 Å². The normalized spacial score (nSPS) is 13.5. The second-order valence-corrected chi connectivity index (χ2v) is 4.44. The van der Waals surface area contributed by atoms with Gasteiger partial charge in [0.1, 0.15) is 0 Å². The lowest BCUT2D eigenvalue weighted by Crippen LogP contribution is -2.45. The molecule has 0 aliphatic rings. The first kappa shape index (κ1) is 16.1. The van der Waals surface area contributed by atoms with Crippen molar-refractivity contribution in [2.24, 2.45) is 5.73 Å². The first-order valence-electron chi connectivity index (χ1n) is 6.37. The summed E-state index contributed by atoms with van der Waals surface area (Å²) in [6, 6.07) is 9.05. The minimum absolute atomic E-state index is 0.0935. The van der Waals surface area contributed by atoms with Crippen molar-refractivity contribution in [3.8, 4) is 0 Å². The topological polar surface area (TPSA) is 102 Å². The highest BCUT2D eigenvalue weighted by molar-refractivity contribution is 5.82. The summed E-state index contributed by atoms with van der Waals surface area (Å²) < 4.78 is 4.72. The predicted octanol–water partition coefficient (Wildman–Crippen LogP) is 0.162. The van der Waals surface area contributed by atoms with Crippen molar-refractivity contribution in [1.82, 2.24) is 5.32 Å². The molecule has 0 bridgehead atoms. The van der Waals surface area contributed by atoms with Crippen LogP contribution < -0.4 is 11.1 Å². The van der Waals surface area contributed by atoms with Crippen LogP contribution in [0.15, 0.2) is 30.3 Å². The number of hydrogen-bond acceptors (Lipinski definition) is 4. The van der Waals surface area contributed by atoms with Crippen molar-refractivity contribution in [3.05, 3.63) is 35.9 Å². The van der Waals surface area contributed by atoms with E-state index in [1.807, 2.05) is 30.3 Å². The summed E-state index contributed by atoms with van der Waals surface area (Å²) in [5.41, 5.74) is 6.88. The molecule has 110 valence electrons. The number of carbonyl (C=O) groups excluding carboxylic acids is 1. The molecule has 0 aliphatic carbocycles. The molecule has 1 aromatic rings. The third-order valence-electron chi connectivity index (χ3n) is 2.95. The number of rotatable bonds is 8. The summed E-state index contributed by atoms with van der Waals surface area (Å²) in [5, 5.41) is 11.3. The third-order valence-corrected chi connectivity index (χ3v) is 2.95. The first-order valence-corrected chi connectivity index (χ1v) is 6.37. The van der Waals surface area contributed by atoms with Crippen LogP contribution in [-0.2, 0) is 20.7 Å². The number of aliphatic carboxylic acids is 1. The number of carboxylic acid groups (broad SMARTS) is 1. The van der Waals surface area contributed by atoms with Gasteiger partial charge in [-0.05, 0) is 18.4 Å². The number of methoxy groups -OCH3 is 1. The molecule has 20 heavy (non-hydrogen) atoms. The molecule has 1 aromatic carbocycles. The van der Waals surface area contributed by atoms with Gasteiger partial charge in [-0.1, -0.05) is 30.3 Å². The summed E-state index contributed by atoms with van der Waals surface area (Å²) in [6.45, 7) is -0.0935. The Kier molecular flexibility index (Phi) is 6.69. The van der Waals surface area contributed by atoms with E-state index in [1.54, 1.807) is 0 Å². The largest absolute Gasteiger partial charge is 0.479 e. The molecule has 0 saturated carbocycles. The number of nitrogens with one attached hydrogen (secondary N) is 1. The van der Waals surface area contributed by atoms with Crippen LogP contribution in [0.2, 0.25) is 0 Å². The molecular formula is C14H20N2O4.